The summed E-state index contributed by atoms with van der Waals surface area (Å²) in [5.41, 5.74) is 2.90. The number of ether oxygens (including phenoxy) is 2. The number of thioether (sulfide) groups is 1. The molecule has 1 N–H and O–H groups in total. The number of esters is 1. The largest absolute Gasteiger partial charge is 0.496 e. The van der Waals surface area contributed by atoms with Gasteiger partial charge in [0, 0.05) is 16.3 Å². The number of methoxy groups -OCH3 is 1. The third-order valence-electron chi connectivity index (χ3n) is 4.29. The fourth-order valence-corrected chi connectivity index (χ4v) is 5.07. The van der Waals surface area contributed by atoms with Crippen LogP contribution in [0.4, 0.5) is 5.69 Å². The van der Waals surface area contributed by atoms with Crippen LogP contribution in [-0.2, 0) is 9.53 Å². The van der Waals surface area contributed by atoms with Crippen LogP contribution < -0.4 is 10.1 Å². The highest BCUT2D eigenvalue weighted by Crippen LogP contribution is 2.48. The molecule has 0 aromatic heterocycles. The third kappa shape index (κ3) is 4.80. The Balaban J connectivity index is 2.02. The quantitative estimate of drug-likeness (QED) is 0.484. The molecule has 4 nitrogen and oxygen atoms in total. The molecule has 7 heteroatoms. The van der Waals surface area contributed by atoms with Crippen molar-refractivity contribution in [2.45, 2.75) is 36.9 Å². The number of fused-ring (bicyclic) bond motifs is 1. The second-order valence-electron chi connectivity index (χ2n) is 6.71. The van der Waals surface area contributed by atoms with E-state index in [-0.39, 0.29) is 29.0 Å². The van der Waals surface area contributed by atoms with Gasteiger partial charge in [0.15, 0.2) is 0 Å². The molecule has 28 heavy (non-hydrogen) atoms. The number of halogens is 1. The molecular formula is C21H22ClNO3S2. The zero-order valence-electron chi connectivity index (χ0n) is 15.9. The van der Waals surface area contributed by atoms with Crippen molar-refractivity contribution in [3.05, 3.63) is 58.6 Å². The summed E-state index contributed by atoms with van der Waals surface area (Å²) in [4.78, 5) is 12.9. The van der Waals surface area contributed by atoms with Crippen LogP contribution in [0.5, 0.6) is 5.75 Å². The highest BCUT2D eigenvalue weighted by atomic mass is 35.5. The van der Waals surface area contributed by atoms with Crippen LogP contribution in [0.1, 0.15) is 36.6 Å². The van der Waals surface area contributed by atoms with E-state index in [4.69, 9.17) is 33.3 Å². The van der Waals surface area contributed by atoms with E-state index in [1.54, 1.807) is 18.9 Å². The molecule has 1 heterocycles. The molecule has 0 spiro atoms. The molecule has 2 atom stereocenters. The molecule has 0 aliphatic carbocycles. The van der Waals surface area contributed by atoms with E-state index < -0.39 is 0 Å². The first kappa shape index (κ1) is 21.0. The van der Waals surface area contributed by atoms with E-state index >= 15 is 0 Å². The van der Waals surface area contributed by atoms with E-state index in [1.165, 1.54) is 0 Å². The number of para-hydroxylation sites is 1. The monoisotopic (exact) mass is 435 g/mol. The highest BCUT2D eigenvalue weighted by molar-refractivity contribution is 8.02. The Labute approximate surface area is 179 Å². The van der Waals surface area contributed by atoms with Crippen LogP contribution in [0.3, 0.4) is 0 Å². The van der Waals surface area contributed by atoms with Gasteiger partial charge in [0.2, 0.25) is 0 Å². The van der Waals surface area contributed by atoms with Crippen molar-refractivity contribution in [3.8, 4) is 5.75 Å². The molecule has 0 saturated carbocycles. The molecular weight excluding hydrogens is 414 g/mol. The predicted octanol–water partition coefficient (Wildman–Crippen LogP) is 5.63. The minimum atomic E-state index is -0.264. The van der Waals surface area contributed by atoms with Gasteiger partial charge in [-0.05, 0) is 43.7 Å². The Morgan fingerprint density at radius 3 is 2.71 bits per heavy atom. The van der Waals surface area contributed by atoms with Gasteiger partial charge in [-0.15, -0.1) is 11.8 Å². The first-order chi connectivity index (χ1) is 13.4. The summed E-state index contributed by atoms with van der Waals surface area (Å²) in [5.74, 6) is 0.515. The summed E-state index contributed by atoms with van der Waals surface area (Å²) >= 11 is 13.5. The summed E-state index contributed by atoms with van der Waals surface area (Å²) in [6.07, 6.45) is 0.0352. The van der Waals surface area contributed by atoms with Crippen LogP contribution in [0, 0.1) is 0 Å². The Morgan fingerprint density at radius 1 is 1.25 bits per heavy atom. The van der Waals surface area contributed by atoms with Crippen molar-refractivity contribution in [1.82, 2.24) is 0 Å². The minimum Gasteiger partial charge on any atom is -0.496 e. The molecule has 2 aromatic carbocycles. The van der Waals surface area contributed by atoms with Crippen molar-refractivity contribution >= 4 is 52.2 Å². The normalized spacial score (nSPS) is 18.8. The number of hydrogen-bond acceptors (Lipinski definition) is 5. The lowest BCUT2D eigenvalue weighted by Crippen LogP contribution is -2.26. The summed E-state index contributed by atoms with van der Waals surface area (Å²) in [6, 6.07) is 13.5. The van der Waals surface area contributed by atoms with Crippen molar-refractivity contribution < 1.29 is 14.3 Å². The number of benzene rings is 2. The maximum atomic E-state index is 12.3. The predicted molar refractivity (Wildman–Crippen MR) is 120 cm³/mol. The highest BCUT2D eigenvalue weighted by Gasteiger charge is 2.33. The average Bonchev–Trinajstić information content (AvgIpc) is 2.78. The number of carbonyl (C=O) groups excluding carboxylic acids is 1. The second-order valence-corrected chi connectivity index (χ2v) is 8.90. The van der Waals surface area contributed by atoms with E-state index in [0.717, 1.165) is 22.6 Å². The van der Waals surface area contributed by atoms with Crippen LogP contribution in [-0.4, -0.2) is 29.4 Å². The van der Waals surface area contributed by atoms with E-state index in [0.29, 0.717) is 10.0 Å². The molecule has 0 radical (unpaired) electrons. The van der Waals surface area contributed by atoms with Gasteiger partial charge >= 0.3 is 5.97 Å². The molecule has 148 valence electrons. The molecule has 0 bridgehead atoms. The lowest BCUT2D eigenvalue weighted by Gasteiger charge is -2.22. The lowest BCUT2D eigenvalue weighted by atomic mass is 10.0. The van der Waals surface area contributed by atoms with Gasteiger partial charge < -0.3 is 14.8 Å². The zero-order chi connectivity index (χ0) is 20.3. The van der Waals surface area contributed by atoms with Gasteiger partial charge in [-0.25, -0.2) is 0 Å². The molecule has 0 unspecified atom stereocenters. The SMILES string of the molecule is COc1ccccc1[C@H]1S[C@H](CC(=O)OC(C)C)C(=S)Nc2ccc(Cl)cc21. The zero-order valence-corrected chi connectivity index (χ0v) is 18.3. The van der Waals surface area contributed by atoms with Crippen molar-refractivity contribution in [1.29, 1.82) is 0 Å². The van der Waals surface area contributed by atoms with Gasteiger partial charge in [-0.1, -0.05) is 42.0 Å². The first-order valence-corrected chi connectivity index (χ1v) is 10.7. The Kier molecular flexibility index (Phi) is 6.86. The number of thiocarbonyl (C=S) groups is 1. The van der Waals surface area contributed by atoms with Gasteiger partial charge in [-0.3, -0.25) is 4.79 Å². The topological polar surface area (TPSA) is 47.6 Å². The van der Waals surface area contributed by atoms with Crippen molar-refractivity contribution in [3.63, 3.8) is 0 Å². The van der Waals surface area contributed by atoms with E-state index in [2.05, 4.69) is 5.32 Å². The van der Waals surface area contributed by atoms with Crippen LogP contribution in [0.25, 0.3) is 0 Å². The number of anilines is 1. The van der Waals surface area contributed by atoms with Gasteiger partial charge in [-0.2, -0.15) is 0 Å². The molecule has 1 aliphatic heterocycles. The Bertz CT molecular complexity index is 888. The molecule has 0 fully saturated rings. The summed E-state index contributed by atoms with van der Waals surface area (Å²) in [6.45, 7) is 3.67. The van der Waals surface area contributed by atoms with Crippen molar-refractivity contribution in [2.24, 2.45) is 0 Å². The molecule has 3 rings (SSSR count). The van der Waals surface area contributed by atoms with Gasteiger partial charge in [0.05, 0.1) is 35.1 Å². The molecule has 2 aromatic rings. The molecule has 0 amide bonds. The van der Waals surface area contributed by atoms with E-state index in [1.807, 2.05) is 56.3 Å². The van der Waals surface area contributed by atoms with Crippen LogP contribution >= 0.6 is 35.6 Å². The number of carbonyl (C=O) groups is 1. The van der Waals surface area contributed by atoms with Crippen molar-refractivity contribution in [2.75, 3.05) is 12.4 Å². The fourth-order valence-electron chi connectivity index (χ4n) is 3.10. The first-order valence-electron chi connectivity index (χ1n) is 8.97. The van der Waals surface area contributed by atoms with Gasteiger partial charge in [0.1, 0.15) is 5.75 Å². The standard InChI is InChI=1S/C21H22ClNO3S2/c1-12(2)26-19(24)11-18-21(27)23-16-9-8-13(22)10-15(16)20(28-18)14-6-4-5-7-17(14)25-3/h4-10,12,18,20H,11H2,1-3H3,(H,23,27)/t18-,20-/m1/s1. The molecule has 1 aliphatic rings. The maximum Gasteiger partial charge on any atom is 0.307 e. The fraction of sp³-hybridized carbons (Fsp3) is 0.333. The van der Waals surface area contributed by atoms with E-state index in [9.17, 15) is 4.79 Å². The lowest BCUT2D eigenvalue weighted by molar-refractivity contribution is -0.147. The van der Waals surface area contributed by atoms with Gasteiger partial charge in [0.25, 0.3) is 0 Å². The summed E-state index contributed by atoms with van der Waals surface area (Å²) < 4.78 is 10.9. The number of rotatable bonds is 5. The minimum absolute atomic E-state index is 0.102. The summed E-state index contributed by atoms with van der Waals surface area (Å²) in [5, 5.41) is 3.61. The number of hydrogen-bond donors (Lipinski definition) is 1. The Hall–Kier alpha value is -1.76. The smallest absolute Gasteiger partial charge is 0.307 e. The summed E-state index contributed by atoms with van der Waals surface area (Å²) in [7, 11) is 1.65. The van der Waals surface area contributed by atoms with Crippen LogP contribution in [0.15, 0.2) is 42.5 Å². The van der Waals surface area contributed by atoms with Crippen LogP contribution in [0.2, 0.25) is 5.02 Å². The Morgan fingerprint density at radius 2 is 2.00 bits per heavy atom. The maximum absolute atomic E-state index is 12.3. The second kappa shape index (κ2) is 9.16. The number of nitrogens with one attached hydrogen (secondary N) is 1. The average molecular weight is 436 g/mol. The molecule has 0 saturated heterocycles. The third-order valence-corrected chi connectivity index (χ3v) is 6.57.